The van der Waals surface area contributed by atoms with Crippen LogP contribution in [0.2, 0.25) is 0 Å². The van der Waals surface area contributed by atoms with Gasteiger partial charge in [-0.25, -0.2) is 0 Å². The van der Waals surface area contributed by atoms with Gasteiger partial charge in [-0.15, -0.1) is 0 Å². The summed E-state index contributed by atoms with van der Waals surface area (Å²) in [6, 6.07) is 5.80. The second-order valence-electron chi connectivity index (χ2n) is 9.70. The number of methoxy groups -OCH3 is 1. The molecular formula is C25H30BBrN2O6. The molecule has 1 atom stereocenters. The number of benzene rings is 1. The lowest BCUT2D eigenvalue weighted by atomic mass is 9.79. The third-order valence-electron chi connectivity index (χ3n) is 6.32. The highest BCUT2D eigenvalue weighted by atomic mass is 79.9. The summed E-state index contributed by atoms with van der Waals surface area (Å²) in [5, 5.41) is 20.9. The molecule has 3 heterocycles. The van der Waals surface area contributed by atoms with E-state index in [2.05, 4.69) is 45.4 Å². The fourth-order valence-corrected chi connectivity index (χ4v) is 5.07. The fourth-order valence-electron chi connectivity index (χ4n) is 4.64. The molecule has 0 aliphatic carbocycles. The third kappa shape index (κ3) is 5.11. The van der Waals surface area contributed by atoms with Crippen molar-refractivity contribution < 1.29 is 29.1 Å². The van der Waals surface area contributed by atoms with Crippen LogP contribution >= 0.6 is 15.9 Å². The molecule has 1 aliphatic heterocycles. The normalized spacial score (nSPS) is 14.1. The van der Waals surface area contributed by atoms with E-state index in [1.807, 2.05) is 13.0 Å². The van der Waals surface area contributed by atoms with Crippen molar-refractivity contribution >= 4 is 45.4 Å². The predicted molar refractivity (Wildman–Crippen MR) is 138 cm³/mol. The Hall–Kier alpha value is -2.40. The van der Waals surface area contributed by atoms with Crippen LogP contribution in [0.1, 0.15) is 45.1 Å². The van der Waals surface area contributed by atoms with Gasteiger partial charge in [-0.05, 0) is 37.1 Å². The molecule has 0 fully saturated rings. The van der Waals surface area contributed by atoms with Gasteiger partial charge in [-0.1, -0.05) is 29.8 Å². The molecular weight excluding hydrogens is 515 g/mol. The van der Waals surface area contributed by atoms with E-state index >= 15 is 0 Å². The van der Waals surface area contributed by atoms with Gasteiger partial charge in [0.05, 0.1) is 36.2 Å². The monoisotopic (exact) mass is 544 g/mol. The second kappa shape index (κ2) is 9.93. The molecule has 2 aromatic heterocycles. The first-order valence-corrected chi connectivity index (χ1v) is 12.3. The highest BCUT2D eigenvalue weighted by Gasteiger charge is 2.32. The van der Waals surface area contributed by atoms with Crippen LogP contribution in [0.25, 0.3) is 22.2 Å². The standard InChI is InChI=1S/C25H30BBrN2O6/c1-14(33-5)22-19(8-16(12-28-22)26(31)32)23-20(11-25(3,4)13-35-15(2)30)18-9-17(27)10-21-24(18)29(23)6-7-34-21/h8-10,12,14,31-32H,6-7,11,13H2,1-5H3/t14-/m0/s1. The van der Waals surface area contributed by atoms with E-state index in [0.29, 0.717) is 30.7 Å². The summed E-state index contributed by atoms with van der Waals surface area (Å²) in [5.74, 6) is 0.459. The first kappa shape index (κ1) is 25.7. The molecule has 3 aromatic rings. The highest BCUT2D eigenvalue weighted by molar-refractivity contribution is 9.10. The molecule has 0 saturated heterocycles. The summed E-state index contributed by atoms with van der Waals surface area (Å²) in [7, 11) is -0.0359. The number of hydrogen-bond donors (Lipinski definition) is 2. The Bertz CT molecular complexity index is 1270. The van der Waals surface area contributed by atoms with Crippen LogP contribution in [-0.2, 0) is 27.2 Å². The van der Waals surface area contributed by atoms with Crippen molar-refractivity contribution in [1.29, 1.82) is 0 Å². The van der Waals surface area contributed by atoms with Crippen LogP contribution in [-0.4, -0.2) is 53.0 Å². The van der Waals surface area contributed by atoms with E-state index in [9.17, 15) is 14.8 Å². The van der Waals surface area contributed by atoms with E-state index in [4.69, 9.17) is 14.2 Å². The molecule has 0 unspecified atom stereocenters. The lowest BCUT2D eigenvalue weighted by molar-refractivity contribution is -0.143. The Labute approximate surface area is 213 Å². The zero-order valence-electron chi connectivity index (χ0n) is 20.6. The number of carbonyl (C=O) groups is 1. The summed E-state index contributed by atoms with van der Waals surface area (Å²) in [6.07, 6.45) is 1.74. The summed E-state index contributed by atoms with van der Waals surface area (Å²) < 4.78 is 20.1. The van der Waals surface area contributed by atoms with Crippen LogP contribution in [0.15, 0.2) is 28.9 Å². The van der Waals surface area contributed by atoms with Gasteiger partial charge in [0.1, 0.15) is 12.4 Å². The molecule has 8 nitrogen and oxygen atoms in total. The zero-order chi connectivity index (χ0) is 25.5. The minimum atomic E-state index is -1.66. The molecule has 0 amide bonds. The Morgan fingerprint density at radius 2 is 2.09 bits per heavy atom. The SMILES string of the molecule is CO[C@@H](C)c1ncc(B(O)O)cc1-c1c(CC(C)(C)COC(C)=O)c2cc(Br)cc3c2n1CCO3. The second-order valence-corrected chi connectivity index (χ2v) is 10.6. The molecule has 186 valence electrons. The Morgan fingerprint density at radius 3 is 2.74 bits per heavy atom. The molecule has 0 radical (unpaired) electrons. The molecule has 1 aliphatic rings. The molecule has 4 rings (SSSR count). The minimum absolute atomic E-state index is 0.265. The quantitative estimate of drug-likeness (QED) is 0.331. The topological polar surface area (TPSA) is 103 Å². The lowest BCUT2D eigenvalue weighted by Gasteiger charge is -2.26. The number of hydrogen-bond acceptors (Lipinski definition) is 7. The number of aromatic nitrogens is 2. The van der Waals surface area contributed by atoms with E-state index in [0.717, 1.165) is 37.9 Å². The molecule has 0 spiro atoms. The Balaban J connectivity index is 2.03. The number of halogens is 1. The van der Waals surface area contributed by atoms with Gasteiger partial charge >= 0.3 is 13.1 Å². The van der Waals surface area contributed by atoms with Crippen molar-refractivity contribution in [2.24, 2.45) is 5.41 Å². The molecule has 35 heavy (non-hydrogen) atoms. The lowest BCUT2D eigenvalue weighted by Crippen LogP contribution is -2.31. The average Bonchev–Trinajstić information content (AvgIpc) is 3.10. The molecule has 0 saturated carbocycles. The van der Waals surface area contributed by atoms with Crippen molar-refractivity contribution in [3.63, 3.8) is 0 Å². The Kier molecular flexibility index (Phi) is 7.29. The van der Waals surface area contributed by atoms with Crippen molar-refractivity contribution in [2.45, 2.75) is 46.8 Å². The fraction of sp³-hybridized carbons (Fsp3) is 0.440. The van der Waals surface area contributed by atoms with Crippen LogP contribution in [0.4, 0.5) is 0 Å². The maximum Gasteiger partial charge on any atom is 0.490 e. The summed E-state index contributed by atoms with van der Waals surface area (Å²) in [6.45, 7) is 8.83. The first-order valence-electron chi connectivity index (χ1n) is 11.5. The van der Waals surface area contributed by atoms with Gasteiger partial charge in [0.15, 0.2) is 0 Å². The van der Waals surface area contributed by atoms with E-state index in [1.165, 1.54) is 13.1 Å². The van der Waals surface area contributed by atoms with Gasteiger partial charge in [0.25, 0.3) is 0 Å². The number of ether oxygens (including phenoxy) is 3. The average molecular weight is 545 g/mol. The number of nitrogens with zero attached hydrogens (tertiary/aromatic N) is 2. The molecule has 10 heteroatoms. The predicted octanol–water partition coefficient (Wildman–Crippen LogP) is 3.38. The first-order chi connectivity index (χ1) is 16.5. The van der Waals surface area contributed by atoms with Crippen molar-refractivity contribution in [3.8, 4) is 17.0 Å². The van der Waals surface area contributed by atoms with Crippen LogP contribution < -0.4 is 10.2 Å². The van der Waals surface area contributed by atoms with Gasteiger partial charge < -0.3 is 28.8 Å². The maximum absolute atomic E-state index is 11.5. The summed E-state index contributed by atoms with van der Waals surface area (Å²) in [4.78, 5) is 16.1. The van der Waals surface area contributed by atoms with E-state index < -0.39 is 7.12 Å². The van der Waals surface area contributed by atoms with Gasteiger partial charge in [0, 0.05) is 46.5 Å². The summed E-state index contributed by atoms with van der Waals surface area (Å²) >= 11 is 3.62. The highest BCUT2D eigenvalue weighted by Crippen LogP contribution is 2.45. The molecule has 2 N–H and O–H groups in total. The van der Waals surface area contributed by atoms with Crippen LogP contribution in [0.3, 0.4) is 0 Å². The zero-order valence-corrected chi connectivity index (χ0v) is 22.2. The van der Waals surface area contributed by atoms with Crippen molar-refractivity contribution in [1.82, 2.24) is 9.55 Å². The van der Waals surface area contributed by atoms with Crippen molar-refractivity contribution in [3.05, 3.63) is 40.1 Å². The molecule has 1 aromatic carbocycles. The number of rotatable bonds is 8. The smallest absolute Gasteiger partial charge is 0.489 e. The Morgan fingerprint density at radius 1 is 1.34 bits per heavy atom. The third-order valence-corrected chi connectivity index (χ3v) is 6.77. The largest absolute Gasteiger partial charge is 0.490 e. The van der Waals surface area contributed by atoms with E-state index in [-0.39, 0.29) is 24.1 Å². The molecule has 0 bridgehead atoms. The van der Waals surface area contributed by atoms with Crippen LogP contribution in [0.5, 0.6) is 5.75 Å². The van der Waals surface area contributed by atoms with E-state index in [1.54, 1.807) is 13.2 Å². The van der Waals surface area contributed by atoms with Gasteiger partial charge in [0.2, 0.25) is 0 Å². The number of carbonyl (C=O) groups excluding carboxylic acids is 1. The summed E-state index contributed by atoms with van der Waals surface area (Å²) in [5.41, 5.74) is 4.33. The van der Waals surface area contributed by atoms with Crippen LogP contribution in [0, 0.1) is 5.41 Å². The maximum atomic E-state index is 11.5. The van der Waals surface area contributed by atoms with Gasteiger partial charge in [-0.2, -0.15) is 0 Å². The van der Waals surface area contributed by atoms with Crippen molar-refractivity contribution in [2.75, 3.05) is 20.3 Å². The number of pyridine rings is 1. The van der Waals surface area contributed by atoms with Gasteiger partial charge in [-0.3, -0.25) is 9.78 Å². The minimum Gasteiger partial charge on any atom is -0.489 e. The number of esters is 1.